The Labute approximate surface area is 427 Å². The van der Waals surface area contributed by atoms with Crippen molar-refractivity contribution >= 4 is 64.1 Å². The fraction of sp³-hybridized carbons (Fsp3) is 0. The lowest BCUT2D eigenvalue weighted by Gasteiger charge is -2.12. The number of aromatic nitrogens is 2. The lowest BCUT2D eigenvalue weighted by Crippen LogP contribution is -1.92. The van der Waals surface area contributed by atoms with E-state index in [0.717, 1.165) is 38.6 Å². The van der Waals surface area contributed by atoms with E-state index in [2.05, 4.69) is 261 Å². The second-order valence-electron chi connectivity index (χ2n) is 18.9. The van der Waals surface area contributed by atoms with Crippen LogP contribution in [0.1, 0.15) is 0 Å². The van der Waals surface area contributed by atoms with Crippen LogP contribution in [0.3, 0.4) is 0 Å². The van der Waals surface area contributed by atoms with Crippen LogP contribution in [0.4, 0.5) is 0 Å². The summed E-state index contributed by atoms with van der Waals surface area (Å²) in [4.78, 5) is 10.4. The molecule has 73 heavy (non-hydrogen) atoms. The maximum absolute atomic E-state index is 5.34. The topological polar surface area (TPSA) is 25.8 Å². The van der Waals surface area contributed by atoms with Crippen LogP contribution < -0.4 is 0 Å². The molecule has 0 unspecified atom stereocenters. The number of hydrogen-bond donors (Lipinski definition) is 0. The summed E-state index contributed by atoms with van der Waals surface area (Å²) < 4.78 is 2.53. The maximum Gasteiger partial charge on any atom is 0.0979 e. The highest BCUT2D eigenvalue weighted by Gasteiger charge is 2.20. The Hall–Kier alpha value is -9.28. The summed E-state index contributed by atoms with van der Waals surface area (Å²) >= 11 is 1.89. The normalized spacial score (nSPS) is 11.6. The van der Waals surface area contributed by atoms with E-state index in [0.29, 0.717) is 0 Å². The summed E-state index contributed by atoms with van der Waals surface area (Å²) in [5, 5.41) is 7.11. The Morgan fingerprint density at radius 2 is 0.548 bits per heavy atom. The third-order valence-corrected chi connectivity index (χ3v) is 15.8. The van der Waals surface area contributed by atoms with Crippen molar-refractivity contribution in [2.45, 2.75) is 0 Å². The van der Waals surface area contributed by atoms with Crippen LogP contribution in [0.25, 0.3) is 142 Å². The highest BCUT2D eigenvalue weighted by molar-refractivity contribution is 7.27. The SMILES string of the molecule is c1ccc(-c2ccc(-c3cc(-c4ccc(-c5ccccc5)cc4)c4sc5c(-c6ccc(-c7cnc8c9ccccc9c9ccccc9c8n7)cc6)cc(-c6ccc(-c7ccccc7)cc6)cc5c4c3)cc2)cc1. The quantitative estimate of drug-likeness (QED) is 0.142. The van der Waals surface area contributed by atoms with Crippen molar-refractivity contribution in [1.82, 2.24) is 9.97 Å². The van der Waals surface area contributed by atoms with Crippen LogP contribution in [0.5, 0.6) is 0 Å². The summed E-state index contributed by atoms with van der Waals surface area (Å²) in [5.74, 6) is 0. The second-order valence-corrected chi connectivity index (χ2v) is 19.9. The van der Waals surface area contributed by atoms with Gasteiger partial charge in [-0.2, -0.15) is 0 Å². The number of nitrogens with zero attached hydrogens (tertiary/aromatic N) is 2. The Balaban J connectivity index is 0.949. The van der Waals surface area contributed by atoms with Crippen LogP contribution in [-0.4, -0.2) is 9.97 Å². The van der Waals surface area contributed by atoms with Gasteiger partial charge in [0.15, 0.2) is 0 Å². The van der Waals surface area contributed by atoms with Gasteiger partial charge in [0.05, 0.1) is 22.9 Å². The van der Waals surface area contributed by atoms with Crippen molar-refractivity contribution in [3.63, 3.8) is 0 Å². The molecule has 14 rings (SSSR count). The van der Waals surface area contributed by atoms with E-state index in [1.54, 1.807) is 0 Å². The van der Waals surface area contributed by atoms with Crippen molar-refractivity contribution in [3.8, 4) is 89.1 Å². The lowest BCUT2D eigenvalue weighted by atomic mass is 9.92. The molecule has 0 radical (unpaired) electrons. The number of benzene rings is 12. The van der Waals surface area contributed by atoms with Crippen LogP contribution in [-0.2, 0) is 0 Å². The van der Waals surface area contributed by atoms with Crippen molar-refractivity contribution in [2.75, 3.05) is 0 Å². The second kappa shape index (κ2) is 17.8. The summed E-state index contributed by atoms with van der Waals surface area (Å²) in [6.45, 7) is 0. The molecule has 0 saturated carbocycles. The molecule has 2 aromatic heterocycles. The van der Waals surface area contributed by atoms with Crippen molar-refractivity contribution in [2.24, 2.45) is 0 Å². The molecule has 0 bridgehead atoms. The fourth-order valence-electron chi connectivity index (χ4n) is 10.8. The first-order chi connectivity index (χ1) is 36.2. The molecular weight excluding hydrogens is 901 g/mol. The van der Waals surface area contributed by atoms with Gasteiger partial charge in [0, 0.05) is 47.6 Å². The van der Waals surface area contributed by atoms with Crippen molar-refractivity contribution in [3.05, 3.63) is 267 Å². The van der Waals surface area contributed by atoms with E-state index >= 15 is 0 Å². The Kier molecular flexibility index (Phi) is 10.4. The summed E-state index contributed by atoms with van der Waals surface area (Å²) in [6.07, 6.45) is 1.93. The van der Waals surface area contributed by atoms with Gasteiger partial charge in [0.2, 0.25) is 0 Å². The molecule has 0 aliphatic heterocycles. The first-order valence-corrected chi connectivity index (χ1v) is 25.7. The van der Waals surface area contributed by atoms with Crippen LogP contribution in [0, 0.1) is 0 Å². The predicted octanol–water partition coefficient (Wildman–Crippen LogP) is 19.6. The highest BCUT2D eigenvalue weighted by atomic mass is 32.1. The summed E-state index contributed by atoms with van der Waals surface area (Å²) in [5.41, 5.74) is 20.5. The number of hydrogen-bond acceptors (Lipinski definition) is 3. The van der Waals surface area contributed by atoms with E-state index in [4.69, 9.17) is 9.97 Å². The molecule has 0 atom stereocenters. The highest BCUT2D eigenvalue weighted by Crippen LogP contribution is 2.48. The lowest BCUT2D eigenvalue weighted by molar-refractivity contribution is 1.31. The zero-order chi connectivity index (χ0) is 48.2. The molecule has 0 aliphatic rings. The molecule has 12 aromatic carbocycles. The average molecular weight is 945 g/mol. The monoisotopic (exact) mass is 944 g/mol. The summed E-state index contributed by atoms with van der Waals surface area (Å²) in [6, 6.07) is 94.8. The van der Waals surface area contributed by atoms with Gasteiger partial charge in [-0.1, -0.05) is 237 Å². The zero-order valence-electron chi connectivity index (χ0n) is 39.7. The Morgan fingerprint density at radius 3 is 0.959 bits per heavy atom. The Bertz CT molecular complexity index is 4320. The number of rotatable bonds is 8. The number of fused-ring (bicyclic) bond motifs is 9. The molecule has 2 heterocycles. The predicted molar refractivity (Wildman–Crippen MR) is 311 cm³/mol. The molecule has 0 saturated heterocycles. The molecule has 0 spiro atoms. The minimum absolute atomic E-state index is 0.853. The van der Waals surface area contributed by atoms with Gasteiger partial charge < -0.3 is 0 Å². The molecule has 0 N–H and O–H groups in total. The third kappa shape index (κ3) is 7.66. The van der Waals surface area contributed by atoms with E-state index < -0.39 is 0 Å². The largest absolute Gasteiger partial charge is 0.252 e. The molecule has 2 nitrogen and oxygen atoms in total. The van der Waals surface area contributed by atoms with Gasteiger partial charge in [0.25, 0.3) is 0 Å². The maximum atomic E-state index is 5.34. The van der Waals surface area contributed by atoms with Gasteiger partial charge in [-0.3, -0.25) is 4.98 Å². The van der Waals surface area contributed by atoms with Gasteiger partial charge >= 0.3 is 0 Å². The Morgan fingerprint density at radius 1 is 0.233 bits per heavy atom. The molecule has 0 amide bonds. The van der Waals surface area contributed by atoms with Crippen molar-refractivity contribution < 1.29 is 0 Å². The average Bonchev–Trinajstić information content (AvgIpc) is 3.86. The fourth-order valence-corrected chi connectivity index (χ4v) is 12.1. The third-order valence-electron chi connectivity index (χ3n) is 14.5. The van der Waals surface area contributed by atoms with Gasteiger partial charge in [0.1, 0.15) is 0 Å². The van der Waals surface area contributed by atoms with E-state index in [-0.39, 0.29) is 0 Å². The van der Waals surface area contributed by atoms with E-state index in [1.807, 2.05) is 17.5 Å². The van der Waals surface area contributed by atoms with Gasteiger partial charge in [-0.15, -0.1) is 11.3 Å². The minimum Gasteiger partial charge on any atom is -0.252 e. The minimum atomic E-state index is 0.853. The molecule has 0 fully saturated rings. The standard InChI is InChI=1S/C70H44N2S/c1-4-14-45(15-5-1)48-24-28-51(29-25-48)56-40-62(53-34-32-50(33-35-53)47-18-8-3-9-19-47)69-64(42-56)65-43-57(52-30-26-49(27-31-52)46-16-6-2-7-17-46)41-63(70(65)73-69)54-36-38-55(39-37-54)66-44-71-67-60-22-12-10-20-58(60)59-21-11-13-23-61(59)68(67)72-66/h1-44H. The van der Waals surface area contributed by atoms with Gasteiger partial charge in [-0.05, 0) is 102 Å². The van der Waals surface area contributed by atoms with Gasteiger partial charge in [-0.25, -0.2) is 4.98 Å². The van der Waals surface area contributed by atoms with E-state index in [9.17, 15) is 0 Å². The summed E-state index contributed by atoms with van der Waals surface area (Å²) in [7, 11) is 0. The molecule has 0 aliphatic carbocycles. The van der Waals surface area contributed by atoms with Crippen LogP contribution >= 0.6 is 11.3 Å². The first-order valence-electron chi connectivity index (χ1n) is 24.9. The van der Waals surface area contributed by atoms with Crippen molar-refractivity contribution in [1.29, 1.82) is 0 Å². The molecule has 14 aromatic rings. The zero-order valence-corrected chi connectivity index (χ0v) is 40.5. The smallest absolute Gasteiger partial charge is 0.0979 e. The molecular formula is C70H44N2S. The van der Waals surface area contributed by atoms with Crippen LogP contribution in [0.2, 0.25) is 0 Å². The first kappa shape index (κ1) is 42.6. The van der Waals surface area contributed by atoms with Crippen LogP contribution in [0.15, 0.2) is 267 Å². The molecule has 3 heteroatoms. The molecule has 340 valence electrons. The number of thiophene rings is 1. The van der Waals surface area contributed by atoms with E-state index in [1.165, 1.54) is 103 Å².